The molecule has 1 saturated carbocycles. The van der Waals surface area contributed by atoms with E-state index in [1.807, 2.05) is 60.7 Å². The monoisotopic (exact) mass is 397 g/mol. The zero-order valence-electron chi connectivity index (χ0n) is 15.5. The number of carbonyl (C=O) groups is 1. The van der Waals surface area contributed by atoms with E-state index in [1.165, 1.54) is 0 Å². The van der Waals surface area contributed by atoms with Crippen LogP contribution in [0.25, 0.3) is 17.1 Å². The van der Waals surface area contributed by atoms with Gasteiger partial charge in [0.05, 0.1) is 5.69 Å². The minimum atomic E-state index is -0.234. The number of hydrogen-bond acceptors (Lipinski definition) is 4. The molecular weight excluding hydrogens is 374 g/mol. The summed E-state index contributed by atoms with van der Waals surface area (Å²) in [5.41, 5.74) is 7.73. The Kier molecular flexibility index (Phi) is 6.44. The molecule has 3 aromatic rings. The smallest absolute Gasteiger partial charge is 0.291 e. The van der Waals surface area contributed by atoms with E-state index in [9.17, 15) is 4.79 Å². The molecule has 0 saturated heterocycles. The van der Waals surface area contributed by atoms with Crippen LogP contribution in [-0.2, 0) is 0 Å². The van der Waals surface area contributed by atoms with Gasteiger partial charge in [-0.1, -0.05) is 48.5 Å². The first kappa shape index (κ1) is 20.0. The van der Waals surface area contributed by atoms with Crippen molar-refractivity contribution in [2.24, 2.45) is 5.73 Å². The molecule has 3 N–H and O–H groups in total. The summed E-state index contributed by atoms with van der Waals surface area (Å²) in [6, 6.07) is 19.9. The third-order valence-corrected chi connectivity index (χ3v) is 4.95. The Morgan fingerprint density at radius 3 is 2.21 bits per heavy atom. The molecule has 1 heterocycles. The van der Waals surface area contributed by atoms with Crippen molar-refractivity contribution in [3.63, 3.8) is 0 Å². The molecule has 0 unspecified atom stereocenters. The first-order chi connectivity index (χ1) is 13.2. The largest absolute Gasteiger partial charge is 0.347 e. The summed E-state index contributed by atoms with van der Waals surface area (Å²) in [4.78, 5) is 17.3. The molecule has 2 aromatic carbocycles. The Hall–Kier alpha value is -2.70. The van der Waals surface area contributed by atoms with Crippen LogP contribution in [0.5, 0.6) is 0 Å². The maximum atomic E-state index is 12.7. The van der Waals surface area contributed by atoms with E-state index in [-0.39, 0.29) is 36.2 Å². The lowest BCUT2D eigenvalue weighted by Gasteiger charge is -2.26. The molecule has 6 nitrogen and oxygen atoms in total. The van der Waals surface area contributed by atoms with E-state index < -0.39 is 0 Å². The number of amides is 1. The third kappa shape index (κ3) is 4.40. The minimum absolute atomic E-state index is 0. The van der Waals surface area contributed by atoms with Gasteiger partial charge in [-0.3, -0.25) is 4.79 Å². The molecule has 1 aliphatic carbocycles. The molecule has 0 bridgehead atoms. The molecule has 1 aromatic heterocycles. The molecule has 1 amide bonds. The Bertz CT molecular complexity index is 848. The lowest BCUT2D eigenvalue weighted by Crippen LogP contribution is -2.40. The van der Waals surface area contributed by atoms with Crippen LogP contribution in [0.15, 0.2) is 60.7 Å². The first-order valence-corrected chi connectivity index (χ1v) is 9.35. The summed E-state index contributed by atoms with van der Waals surface area (Å²) < 4.78 is 1.72. The second-order valence-corrected chi connectivity index (χ2v) is 6.96. The SMILES string of the molecule is Cl.NC1CCC(NC(=O)c2nc(-c3ccccc3)n(-c3ccccc3)n2)CC1. The molecule has 0 aliphatic heterocycles. The van der Waals surface area contributed by atoms with Crippen molar-refractivity contribution in [1.82, 2.24) is 20.1 Å². The number of halogens is 1. The lowest BCUT2D eigenvalue weighted by molar-refractivity contribution is 0.0915. The number of hydrogen-bond donors (Lipinski definition) is 2. The average Bonchev–Trinajstić information content (AvgIpc) is 3.17. The second-order valence-electron chi connectivity index (χ2n) is 6.96. The fourth-order valence-corrected chi connectivity index (χ4v) is 3.45. The van der Waals surface area contributed by atoms with Gasteiger partial charge >= 0.3 is 0 Å². The van der Waals surface area contributed by atoms with Gasteiger partial charge in [0.15, 0.2) is 5.82 Å². The zero-order chi connectivity index (χ0) is 18.6. The van der Waals surface area contributed by atoms with Crippen molar-refractivity contribution in [2.75, 3.05) is 0 Å². The third-order valence-electron chi connectivity index (χ3n) is 4.95. The van der Waals surface area contributed by atoms with E-state index in [2.05, 4.69) is 15.4 Å². The Balaban J connectivity index is 0.00000225. The van der Waals surface area contributed by atoms with Gasteiger partial charge < -0.3 is 11.1 Å². The normalized spacial score (nSPS) is 18.9. The molecule has 146 valence electrons. The molecular formula is C21H24ClN5O. The number of benzene rings is 2. The summed E-state index contributed by atoms with van der Waals surface area (Å²) in [6.07, 6.45) is 3.67. The number of nitrogens with one attached hydrogen (secondary N) is 1. The van der Waals surface area contributed by atoms with Gasteiger partial charge in [0.2, 0.25) is 5.82 Å². The molecule has 1 aliphatic rings. The lowest BCUT2D eigenvalue weighted by atomic mass is 9.92. The predicted molar refractivity (Wildman–Crippen MR) is 112 cm³/mol. The molecule has 1 fully saturated rings. The number of nitrogens with two attached hydrogens (primary N) is 1. The molecule has 7 heteroatoms. The minimum Gasteiger partial charge on any atom is -0.347 e. The summed E-state index contributed by atoms with van der Waals surface area (Å²) in [7, 11) is 0. The van der Waals surface area contributed by atoms with Crippen LogP contribution >= 0.6 is 12.4 Å². The highest BCUT2D eigenvalue weighted by molar-refractivity contribution is 5.91. The van der Waals surface area contributed by atoms with Crippen LogP contribution in [0.3, 0.4) is 0 Å². The van der Waals surface area contributed by atoms with Crippen molar-refractivity contribution in [2.45, 2.75) is 37.8 Å². The highest BCUT2D eigenvalue weighted by Gasteiger charge is 2.24. The van der Waals surface area contributed by atoms with E-state index in [4.69, 9.17) is 5.73 Å². The van der Waals surface area contributed by atoms with Gasteiger partial charge in [-0.15, -0.1) is 17.5 Å². The Morgan fingerprint density at radius 2 is 1.57 bits per heavy atom. The fraction of sp³-hybridized carbons (Fsp3) is 0.286. The summed E-state index contributed by atoms with van der Waals surface area (Å²) >= 11 is 0. The molecule has 0 spiro atoms. The van der Waals surface area contributed by atoms with Gasteiger partial charge in [0, 0.05) is 17.6 Å². The summed E-state index contributed by atoms with van der Waals surface area (Å²) in [6.45, 7) is 0. The molecule has 28 heavy (non-hydrogen) atoms. The van der Waals surface area contributed by atoms with Crippen molar-refractivity contribution in [3.05, 3.63) is 66.5 Å². The van der Waals surface area contributed by atoms with Crippen molar-refractivity contribution in [1.29, 1.82) is 0 Å². The zero-order valence-corrected chi connectivity index (χ0v) is 16.3. The summed E-state index contributed by atoms with van der Waals surface area (Å²) in [5.74, 6) is 0.604. The van der Waals surface area contributed by atoms with Gasteiger partial charge in [-0.05, 0) is 37.8 Å². The van der Waals surface area contributed by atoms with E-state index in [1.54, 1.807) is 4.68 Å². The van der Waals surface area contributed by atoms with Crippen molar-refractivity contribution in [3.8, 4) is 17.1 Å². The van der Waals surface area contributed by atoms with Crippen LogP contribution in [0.4, 0.5) is 0 Å². The van der Waals surface area contributed by atoms with Crippen LogP contribution in [0.2, 0.25) is 0 Å². The van der Waals surface area contributed by atoms with Crippen LogP contribution < -0.4 is 11.1 Å². The predicted octanol–water partition coefficient (Wildman–Crippen LogP) is 3.36. The van der Waals surface area contributed by atoms with Gasteiger partial charge in [0.25, 0.3) is 5.91 Å². The standard InChI is InChI=1S/C21H23N5O.ClH/c22-16-11-13-17(14-12-16)23-21(27)19-24-20(15-7-3-1-4-8-15)26(25-19)18-9-5-2-6-10-18;/h1-10,16-17H,11-14,22H2,(H,23,27);1H. The average molecular weight is 398 g/mol. The number of carbonyl (C=O) groups excluding carboxylic acids is 1. The highest BCUT2D eigenvalue weighted by Crippen LogP contribution is 2.22. The highest BCUT2D eigenvalue weighted by atomic mass is 35.5. The molecule has 4 rings (SSSR count). The quantitative estimate of drug-likeness (QED) is 0.706. The first-order valence-electron chi connectivity index (χ1n) is 9.35. The van der Waals surface area contributed by atoms with Crippen LogP contribution in [0.1, 0.15) is 36.3 Å². The maximum absolute atomic E-state index is 12.7. The molecule has 0 atom stereocenters. The van der Waals surface area contributed by atoms with Crippen LogP contribution in [0, 0.1) is 0 Å². The number of nitrogens with zero attached hydrogens (tertiary/aromatic N) is 3. The number of aromatic nitrogens is 3. The van der Waals surface area contributed by atoms with Crippen molar-refractivity contribution >= 4 is 18.3 Å². The van der Waals surface area contributed by atoms with Gasteiger partial charge in [0.1, 0.15) is 0 Å². The number of rotatable bonds is 4. The Labute approximate surface area is 170 Å². The summed E-state index contributed by atoms with van der Waals surface area (Å²) in [5, 5.41) is 7.57. The van der Waals surface area contributed by atoms with E-state index in [0.717, 1.165) is 36.9 Å². The van der Waals surface area contributed by atoms with Crippen molar-refractivity contribution < 1.29 is 4.79 Å². The maximum Gasteiger partial charge on any atom is 0.291 e. The fourth-order valence-electron chi connectivity index (χ4n) is 3.45. The molecule has 0 radical (unpaired) electrons. The van der Waals surface area contributed by atoms with Crippen LogP contribution in [-0.4, -0.2) is 32.8 Å². The van der Waals surface area contributed by atoms with E-state index >= 15 is 0 Å². The second kappa shape index (κ2) is 8.99. The van der Waals surface area contributed by atoms with E-state index in [0.29, 0.717) is 5.82 Å². The van der Waals surface area contributed by atoms with Gasteiger partial charge in [-0.2, -0.15) is 0 Å². The topological polar surface area (TPSA) is 85.8 Å². The Morgan fingerprint density at radius 1 is 0.964 bits per heavy atom. The number of para-hydroxylation sites is 1. The van der Waals surface area contributed by atoms with Gasteiger partial charge in [-0.25, -0.2) is 9.67 Å².